The number of methoxy groups -OCH3 is 1. The van der Waals surface area contributed by atoms with Gasteiger partial charge in [-0.1, -0.05) is 30.3 Å². The molecule has 0 spiro atoms. The number of hydrogen-bond acceptors (Lipinski definition) is 10. The van der Waals surface area contributed by atoms with Crippen molar-refractivity contribution in [2.45, 2.75) is 13.0 Å². The molecule has 1 fully saturated rings. The number of aromatic amines is 1. The van der Waals surface area contributed by atoms with Crippen molar-refractivity contribution in [1.82, 2.24) is 39.4 Å². The lowest BCUT2D eigenvalue weighted by Crippen LogP contribution is -2.49. The summed E-state index contributed by atoms with van der Waals surface area (Å²) in [5.41, 5.74) is 2.98. The Balaban J connectivity index is 0.934. The van der Waals surface area contributed by atoms with Gasteiger partial charge in [0.05, 0.1) is 29.8 Å². The van der Waals surface area contributed by atoms with Crippen LogP contribution >= 0.6 is 0 Å². The maximum absolute atomic E-state index is 15.0. The number of pyridine rings is 1. The third-order valence-corrected chi connectivity index (χ3v) is 9.51. The van der Waals surface area contributed by atoms with Gasteiger partial charge in [0.15, 0.2) is 11.5 Å². The summed E-state index contributed by atoms with van der Waals surface area (Å²) in [5.74, 6) is -0.0904. The van der Waals surface area contributed by atoms with Crippen LogP contribution in [0.15, 0.2) is 107 Å². The lowest BCUT2D eigenvalue weighted by molar-refractivity contribution is 0.0742. The van der Waals surface area contributed by atoms with E-state index in [4.69, 9.17) is 9.72 Å². The van der Waals surface area contributed by atoms with E-state index in [1.165, 1.54) is 12.3 Å². The molecule has 4 aromatic heterocycles. The van der Waals surface area contributed by atoms with Crippen molar-refractivity contribution >= 4 is 45.0 Å². The van der Waals surface area contributed by atoms with E-state index in [9.17, 15) is 14.4 Å². The first-order chi connectivity index (χ1) is 26.4. The van der Waals surface area contributed by atoms with Crippen LogP contribution < -0.4 is 21.3 Å². The number of anilines is 3. The Morgan fingerprint density at radius 3 is 2.44 bits per heavy atom. The average Bonchev–Trinajstić information content (AvgIpc) is 3.49. The van der Waals surface area contributed by atoms with Crippen LogP contribution in [-0.2, 0) is 17.7 Å². The fourth-order valence-corrected chi connectivity index (χ4v) is 6.75. The van der Waals surface area contributed by atoms with Gasteiger partial charge in [0, 0.05) is 68.9 Å². The van der Waals surface area contributed by atoms with Crippen LogP contribution in [0.1, 0.15) is 21.6 Å². The number of halogens is 1. The minimum Gasteiger partial charge on any atom is -0.383 e. The molecule has 0 atom stereocenters. The standard InChI is InChI=1S/C39H35FN10O4/c1-54-21-20-49-38(53)31-24-42-39(44-35(31)50(49)34-8-4-5-15-41-34)43-26-10-12-27(13-11-26)47-16-18-48(19-17-47)37(52)30-22-25(9-14-32(30)40)23-33-28-6-2-3-7-29(28)36(51)46-45-33/h2-15,22,24H,16-21,23H2,1H3,(H,46,51)(H,42,43,44). The minimum atomic E-state index is -0.583. The third kappa shape index (κ3) is 6.67. The SMILES string of the molecule is COCCn1c(=O)c2cnc(Nc3ccc(N4CCN(C(=O)c5cc(Cc6n[nH]c(=O)c7ccccc67)ccc5F)CC4)cc3)nc2n1-c1ccccn1. The predicted molar refractivity (Wildman–Crippen MR) is 202 cm³/mol. The van der Waals surface area contributed by atoms with Crippen LogP contribution in [0.25, 0.3) is 27.6 Å². The van der Waals surface area contributed by atoms with E-state index in [1.54, 1.807) is 64.0 Å². The molecule has 0 aliphatic carbocycles. The molecule has 2 N–H and O–H groups in total. The van der Waals surface area contributed by atoms with Crippen molar-refractivity contribution in [3.63, 3.8) is 0 Å². The quantitative estimate of drug-likeness (QED) is 0.209. The third-order valence-electron chi connectivity index (χ3n) is 9.51. The zero-order chi connectivity index (χ0) is 37.2. The summed E-state index contributed by atoms with van der Waals surface area (Å²) in [5, 5.41) is 11.6. The summed E-state index contributed by atoms with van der Waals surface area (Å²) in [4.78, 5) is 56.4. The molecule has 1 amide bonds. The van der Waals surface area contributed by atoms with Gasteiger partial charge in [-0.05, 0) is 60.2 Å². The number of aromatic nitrogens is 7. The number of fused-ring (bicyclic) bond motifs is 2. The van der Waals surface area contributed by atoms with Gasteiger partial charge in [-0.2, -0.15) is 10.1 Å². The highest BCUT2D eigenvalue weighted by atomic mass is 19.1. The van der Waals surface area contributed by atoms with Gasteiger partial charge in [-0.15, -0.1) is 0 Å². The number of H-pyrrole nitrogens is 1. The second kappa shape index (κ2) is 14.7. The largest absolute Gasteiger partial charge is 0.383 e. The minimum absolute atomic E-state index is 0.00841. The van der Waals surface area contributed by atoms with Gasteiger partial charge in [-0.25, -0.2) is 28.8 Å². The molecule has 0 bridgehead atoms. The van der Waals surface area contributed by atoms with E-state index in [2.05, 4.69) is 30.4 Å². The summed E-state index contributed by atoms with van der Waals surface area (Å²) in [6.07, 6.45) is 3.49. The molecule has 1 saturated heterocycles. The van der Waals surface area contributed by atoms with Crippen LogP contribution in [0.5, 0.6) is 0 Å². The zero-order valence-electron chi connectivity index (χ0n) is 29.3. The molecule has 272 valence electrons. The predicted octanol–water partition coefficient (Wildman–Crippen LogP) is 4.30. The first kappa shape index (κ1) is 34.4. The number of nitrogens with one attached hydrogen (secondary N) is 2. The molecule has 15 heteroatoms. The highest BCUT2D eigenvalue weighted by Crippen LogP contribution is 2.24. The van der Waals surface area contributed by atoms with Gasteiger partial charge in [-0.3, -0.25) is 14.4 Å². The summed E-state index contributed by atoms with van der Waals surface area (Å²) in [6, 6.07) is 24.9. The summed E-state index contributed by atoms with van der Waals surface area (Å²) in [7, 11) is 1.58. The van der Waals surface area contributed by atoms with Crippen molar-refractivity contribution in [2.75, 3.05) is 50.1 Å². The van der Waals surface area contributed by atoms with Gasteiger partial charge in [0.2, 0.25) is 5.95 Å². The van der Waals surface area contributed by atoms with Crippen molar-refractivity contribution in [3.8, 4) is 5.82 Å². The summed E-state index contributed by atoms with van der Waals surface area (Å²) < 4.78 is 23.5. The first-order valence-corrected chi connectivity index (χ1v) is 17.4. The number of nitrogens with zero attached hydrogens (tertiary/aromatic N) is 8. The smallest absolute Gasteiger partial charge is 0.278 e. The topological polar surface area (TPSA) is 156 Å². The maximum atomic E-state index is 15.0. The van der Waals surface area contributed by atoms with Gasteiger partial charge < -0.3 is 19.9 Å². The molecule has 7 aromatic rings. The lowest BCUT2D eigenvalue weighted by atomic mass is 10.0. The van der Waals surface area contributed by atoms with Gasteiger partial charge in [0.1, 0.15) is 11.2 Å². The number of piperazine rings is 1. The highest BCUT2D eigenvalue weighted by Gasteiger charge is 2.25. The molecule has 5 heterocycles. The normalized spacial score (nSPS) is 13.1. The molecule has 8 rings (SSSR count). The molecule has 54 heavy (non-hydrogen) atoms. The van der Waals surface area contributed by atoms with E-state index in [-0.39, 0.29) is 22.6 Å². The Bertz CT molecular complexity index is 2600. The Kier molecular flexibility index (Phi) is 9.36. The Hall–Kier alpha value is -6.74. The van der Waals surface area contributed by atoms with Gasteiger partial charge >= 0.3 is 0 Å². The summed E-state index contributed by atoms with van der Waals surface area (Å²) in [6.45, 7) is 2.63. The van der Waals surface area contributed by atoms with E-state index in [1.807, 2.05) is 42.5 Å². The van der Waals surface area contributed by atoms with Crippen LogP contribution in [0.4, 0.5) is 21.7 Å². The lowest BCUT2D eigenvalue weighted by Gasteiger charge is -2.36. The van der Waals surface area contributed by atoms with Crippen LogP contribution in [0.2, 0.25) is 0 Å². The van der Waals surface area contributed by atoms with Crippen molar-refractivity contribution in [3.05, 3.63) is 141 Å². The monoisotopic (exact) mass is 726 g/mol. The molecule has 0 unspecified atom stereocenters. The first-order valence-electron chi connectivity index (χ1n) is 17.4. The van der Waals surface area contributed by atoms with E-state index in [0.717, 1.165) is 11.4 Å². The Morgan fingerprint density at radius 2 is 1.69 bits per heavy atom. The van der Waals surface area contributed by atoms with Crippen molar-refractivity contribution < 1.29 is 13.9 Å². The molecule has 14 nitrogen and oxygen atoms in total. The molecule has 1 aliphatic rings. The number of benzene rings is 3. The van der Waals surface area contributed by atoms with Crippen molar-refractivity contribution in [1.29, 1.82) is 0 Å². The fraction of sp³-hybridized carbons (Fsp3) is 0.205. The highest BCUT2D eigenvalue weighted by molar-refractivity contribution is 5.95. The maximum Gasteiger partial charge on any atom is 0.278 e. The number of carbonyl (C=O) groups is 1. The Morgan fingerprint density at radius 1 is 0.907 bits per heavy atom. The van der Waals surface area contributed by atoms with E-state index >= 15 is 4.39 Å². The summed E-state index contributed by atoms with van der Waals surface area (Å²) >= 11 is 0. The molecule has 0 saturated carbocycles. The number of amides is 1. The molecule has 1 aliphatic heterocycles. The zero-order valence-corrected chi connectivity index (χ0v) is 29.3. The Labute approximate surface area is 307 Å². The second-order valence-electron chi connectivity index (χ2n) is 12.8. The van der Waals surface area contributed by atoms with Gasteiger partial charge in [0.25, 0.3) is 17.0 Å². The molecular formula is C39H35FN10O4. The molecule has 0 radical (unpaired) electrons. The van der Waals surface area contributed by atoms with Crippen molar-refractivity contribution in [2.24, 2.45) is 0 Å². The second-order valence-corrected chi connectivity index (χ2v) is 12.8. The number of rotatable bonds is 10. The van der Waals surface area contributed by atoms with Crippen LogP contribution in [0, 0.1) is 5.82 Å². The molecule has 3 aromatic carbocycles. The van der Waals surface area contributed by atoms with Crippen LogP contribution in [-0.4, -0.2) is 85.2 Å². The fourth-order valence-electron chi connectivity index (χ4n) is 6.75. The number of hydrogen-bond donors (Lipinski definition) is 2. The average molecular weight is 727 g/mol. The number of ether oxygens (including phenoxy) is 1. The van der Waals surface area contributed by atoms with E-state index < -0.39 is 5.82 Å². The van der Waals surface area contributed by atoms with E-state index in [0.29, 0.717) is 90.6 Å². The molecular weight excluding hydrogens is 691 g/mol. The van der Waals surface area contributed by atoms with Crippen LogP contribution in [0.3, 0.4) is 0 Å². The number of carbonyl (C=O) groups excluding carboxylic acids is 1.